The van der Waals surface area contributed by atoms with Crippen molar-refractivity contribution in [2.75, 3.05) is 7.11 Å². The van der Waals surface area contributed by atoms with E-state index in [0.717, 1.165) is 0 Å². The van der Waals surface area contributed by atoms with Crippen LogP contribution in [0.4, 0.5) is 0 Å². The molecule has 1 N–H and O–H groups in total. The van der Waals surface area contributed by atoms with Gasteiger partial charge in [0, 0.05) is 6.08 Å². The average Bonchev–Trinajstić information content (AvgIpc) is 2.75. The summed E-state index contributed by atoms with van der Waals surface area (Å²) in [6, 6.07) is 0. The number of methoxy groups -OCH3 is 1. The van der Waals surface area contributed by atoms with Crippen LogP contribution in [0.1, 0.15) is 0 Å². The molecule has 0 spiro atoms. The highest BCUT2D eigenvalue weighted by Crippen LogP contribution is 2.34. The van der Waals surface area contributed by atoms with Gasteiger partial charge in [-0.3, -0.25) is 4.79 Å². The fraction of sp³-hybridized carbons (Fsp3) is 0.571. The van der Waals surface area contributed by atoms with E-state index in [-0.39, 0.29) is 11.9 Å². The van der Waals surface area contributed by atoms with E-state index >= 15 is 0 Å². The van der Waals surface area contributed by atoms with Gasteiger partial charge in [-0.15, -0.1) is 0 Å². The molecule has 0 bridgehead atoms. The molecule has 0 aromatic rings. The molecule has 4 heteroatoms. The van der Waals surface area contributed by atoms with Gasteiger partial charge in [-0.25, -0.2) is 0 Å². The van der Waals surface area contributed by atoms with E-state index < -0.39 is 12.2 Å². The first kappa shape index (κ1) is 6.82. The fourth-order valence-corrected chi connectivity index (χ4v) is 1.24. The van der Waals surface area contributed by atoms with E-state index in [0.29, 0.717) is 5.76 Å². The van der Waals surface area contributed by atoms with Gasteiger partial charge >= 0.3 is 0 Å². The van der Waals surface area contributed by atoms with Crippen LogP contribution in [0.2, 0.25) is 0 Å². The summed E-state index contributed by atoms with van der Waals surface area (Å²) in [5, 5.41) is 9.33. The van der Waals surface area contributed by atoms with Crippen molar-refractivity contribution >= 4 is 5.78 Å². The number of rotatable bonds is 1. The lowest BCUT2D eigenvalue weighted by Crippen LogP contribution is -2.28. The molecule has 0 amide bonds. The molecule has 60 valence electrons. The minimum Gasteiger partial charge on any atom is -0.498 e. The number of aliphatic hydroxyl groups excluding tert-OH is 1. The van der Waals surface area contributed by atoms with Crippen LogP contribution < -0.4 is 0 Å². The molecular formula is C7H8O4. The Morgan fingerprint density at radius 1 is 1.73 bits per heavy atom. The Labute approximate surface area is 63.4 Å². The minimum atomic E-state index is -0.761. The summed E-state index contributed by atoms with van der Waals surface area (Å²) in [4.78, 5) is 11.0. The number of carbonyl (C=O) groups is 1. The second kappa shape index (κ2) is 2.06. The predicted octanol–water partition coefficient (Wildman–Crippen LogP) is -0.772. The van der Waals surface area contributed by atoms with Crippen LogP contribution >= 0.6 is 0 Å². The molecule has 0 aromatic heterocycles. The van der Waals surface area contributed by atoms with Gasteiger partial charge in [-0.05, 0) is 0 Å². The zero-order valence-electron chi connectivity index (χ0n) is 5.98. The minimum absolute atomic E-state index is 0.114. The Hall–Kier alpha value is -0.870. The SMILES string of the molecule is COC1=CC(=O)[C@H]2O[C@H]2[C@@H]1O. The van der Waals surface area contributed by atoms with E-state index in [1.54, 1.807) is 0 Å². The molecule has 3 atom stereocenters. The molecule has 0 aromatic carbocycles. The van der Waals surface area contributed by atoms with Crippen LogP contribution in [0.25, 0.3) is 0 Å². The van der Waals surface area contributed by atoms with Crippen molar-refractivity contribution in [1.29, 1.82) is 0 Å². The normalized spacial score (nSPS) is 41.1. The smallest absolute Gasteiger partial charge is 0.190 e. The summed E-state index contributed by atoms with van der Waals surface area (Å²) < 4.78 is 9.68. The first-order chi connectivity index (χ1) is 5.24. The largest absolute Gasteiger partial charge is 0.498 e. The van der Waals surface area contributed by atoms with Gasteiger partial charge in [-0.1, -0.05) is 0 Å². The van der Waals surface area contributed by atoms with Crippen molar-refractivity contribution < 1.29 is 19.4 Å². The maximum absolute atomic E-state index is 11.0. The molecule has 0 radical (unpaired) electrons. The predicted molar refractivity (Wildman–Crippen MR) is 34.8 cm³/mol. The molecule has 2 rings (SSSR count). The number of aliphatic hydroxyl groups is 1. The fourth-order valence-electron chi connectivity index (χ4n) is 1.24. The lowest BCUT2D eigenvalue weighted by Gasteiger charge is -2.13. The van der Waals surface area contributed by atoms with E-state index in [1.165, 1.54) is 13.2 Å². The Bertz CT molecular complexity index is 233. The van der Waals surface area contributed by atoms with Gasteiger partial charge in [0.1, 0.15) is 24.1 Å². The van der Waals surface area contributed by atoms with Gasteiger partial charge in [0.05, 0.1) is 7.11 Å². The van der Waals surface area contributed by atoms with Crippen molar-refractivity contribution in [3.8, 4) is 0 Å². The first-order valence-corrected chi connectivity index (χ1v) is 3.37. The number of ether oxygens (including phenoxy) is 2. The number of hydrogen-bond donors (Lipinski definition) is 1. The molecule has 1 aliphatic carbocycles. The third-order valence-electron chi connectivity index (χ3n) is 1.93. The molecule has 4 nitrogen and oxygen atoms in total. The van der Waals surface area contributed by atoms with Crippen LogP contribution in [0.3, 0.4) is 0 Å². The van der Waals surface area contributed by atoms with E-state index in [2.05, 4.69) is 0 Å². The van der Waals surface area contributed by atoms with Gasteiger partial charge < -0.3 is 14.6 Å². The van der Waals surface area contributed by atoms with E-state index in [1.807, 2.05) is 0 Å². The summed E-state index contributed by atoms with van der Waals surface area (Å²) in [5.74, 6) is 0.186. The molecule has 0 unspecified atom stereocenters. The van der Waals surface area contributed by atoms with Gasteiger partial charge in [0.2, 0.25) is 0 Å². The lowest BCUT2D eigenvalue weighted by atomic mass is 10.0. The molecule has 1 saturated heterocycles. The summed E-state index contributed by atoms with van der Waals surface area (Å²) >= 11 is 0. The molecule has 11 heavy (non-hydrogen) atoms. The Balaban J connectivity index is 2.25. The second-order valence-electron chi connectivity index (χ2n) is 2.62. The quantitative estimate of drug-likeness (QED) is 0.506. The highest BCUT2D eigenvalue weighted by atomic mass is 16.6. The Morgan fingerprint density at radius 2 is 2.45 bits per heavy atom. The first-order valence-electron chi connectivity index (χ1n) is 3.37. The van der Waals surface area contributed by atoms with Crippen molar-refractivity contribution in [2.45, 2.75) is 18.3 Å². The van der Waals surface area contributed by atoms with Gasteiger partial charge in [0.15, 0.2) is 5.78 Å². The van der Waals surface area contributed by atoms with Crippen molar-refractivity contribution in [3.05, 3.63) is 11.8 Å². The average molecular weight is 156 g/mol. The van der Waals surface area contributed by atoms with Crippen LogP contribution in [0.15, 0.2) is 11.8 Å². The van der Waals surface area contributed by atoms with Crippen molar-refractivity contribution in [2.24, 2.45) is 0 Å². The zero-order chi connectivity index (χ0) is 8.01. The third kappa shape index (κ3) is 0.868. The number of epoxide rings is 1. The summed E-state index contributed by atoms with van der Waals surface area (Å²) in [5.41, 5.74) is 0. The van der Waals surface area contributed by atoms with Gasteiger partial charge in [0.25, 0.3) is 0 Å². The zero-order valence-corrected chi connectivity index (χ0v) is 5.98. The maximum Gasteiger partial charge on any atom is 0.190 e. The van der Waals surface area contributed by atoms with Crippen molar-refractivity contribution in [3.63, 3.8) is 0 Å². The van der Waals surface area contributed by atoms with Gasteiger partial charge in [-0.2, -0.15) is 0 Å². The molecular weight excluding hydrogens is 148 g/mol. The van der Waals surface area contributed by atoms with E-state index in [9.17, 15) is 9.90 Å². The summed E-state index contributed by atoms with van der Waals surface area (Å²) in [7, 11) is 1.42. The highest BCUT2D eigenvalue weighted by molar-refractivity contribution is 5.97. The van der Waals surface area contributed by atoms with Crippen LogP contribution in [0, 0.1) is 0 Å². The molecule has 1 aliphatic heterocycles. The topological polar surface area (TPSA) is 59.1 Å². The number of carbonyl (C=O) groups excluding carboxylic acids is 1. The lowest BCUT2D eigenvalue weighted by molar-refractivity contribution is -0.116. The molecule has 2 aliphatic rings. The van der Waals surface area contributed by atoms with Crippen molar-refractivity contribution in [1.82, 2.24) is 0 Å². The van der Waals surface area contributed by atoms with Crippen LogP contribution in [0.5, 0.6) is 0 Å². The number of hydrogen-bond acceptors (Lipinski definition) is 4. The molecule has 0 saturated carbocycles. The molecule has 1 heterocycles. The summed E-state index contributed by atoms with van der Waals surface area (Å²) in [6.07, 6.45) is -0.243. The highest BCUT2D eigenvalue weighted by Gasteiger charge is 2.53. The Morgan fingerprint density at radius 3 is 3.09 bits per heavy atom. The monoisotopic (exact) mass is 156 g/mol. The third-order valence-corrected chi connectivity index (χ3v) is 1.93. The second-order valence-corrected chi connectivity index (χ2v) is 2.62. The Kier molecular flexibility index (Phi) is 1.27. The van der Waals surface area contributed by atoms with E-state index in [4.69, 9.17) is 9.47 Å². The summed E-state index contributed by atoms with van der Waals surface area (Å²) in [6.45, 7) is 0. The maximum atomic E-state index is 11.0. The standard InChI is InChI=1S/C7H8O4/c1-10-4-2-3(8)6-7(11-6)5(4)9/h2,5-7,9H,1H3/t5-,6-,7+/m1/s1. The van der Waals surface area contributed by atoms with Crippen LogP contribution in [-0.2, 0) is 14.3 Å². The molecule has 1 fully saturated rings. The number of ketones is 1. The number of fused-ring (bicyclic) bond motifs is 1. The van der Waals surface area contributed by atoms with Crippen LogP contribution in [-0.4, -0.2) is 36.3 Å².